The van der Waals surface area contributed by atoms with Crippen LogP contribution < -0.4 is 16.0 Å². The summed E-state index contributed by atoms with van der Waals surface area (Å²) in [6, 6.07) is 5.27. The average molecular weight is 439 g/mol. The van der Waals surface area contributed by atoms with Gasteiger partial charge in [-0.2, -0.15) is 0 Å². The van der Waals surface area contributed by atoms with E-state index in [0.717, 1.165) is 41.4 Å². The van der Waals surface area contributed by atoms with Gasteiger partial charge >= 0.3 is 6.03 Å². The van der Waals surface area contributed by atoms with Crippen LogP contribution in [0.1, 0.15) is 37.7 Å². The second kappa shape index (κ2) is 10.4. The number of anilines is 1. The van der Waals surface area contributed by atoms with Crippen LogP contribution >= 0.6 is 15.9 Å². The second-order valence-corrected chi connectivity index (χ2v) is 7.95. The van der Waals surface area contributed by atoms with Crippen molar-refractivity contribution < 1.29 is 14.4 Å². The number of imide groups is 1. The molecule has 148 valence electrons. The van der Waals surface area contributed by atoms with Gasteiger partial charge in [0, 0.05) is 16.2 Å². The summed E-state index contributed by atoms with van der Waals surface area (Å²) in [5, 5.41) is 7.99. The summed E-state index contributed by atoms with van der Waals surface area (Å²) in [5.74, 6) is -0.652. The van der Waals surface area contributed by atoms with Crippen molar-refractivity contribution in [2.75, 3.05) is 25.5 Å². The number of benzene rings is 1. The van der Waals surface area contributed by atoms with Crippen LogP contribution in [0.4, 0.5) is 10.5 Å². The molecule has 1 aliphatic carbocycles. The molecule has 7 nitrogen and oxygen atoms in total. The molecule has 0 bridgehead atoms. The number of carbonyl (C=O) groups excluding carboxylic acids is 3. The van der Waals surface area contributed by atoms with Crippen molar-refractivity contribution in [3.05, 3.63) is 28.2 Å². The highest BCUT2D eigenvalue weighted by molar-refractivity contribution is 9.10. The van der Waals surface area contributed by atoms with Gasteiger partial charge in [-0.3, -0.25) is 19.8 Å². The van der Waals surface area contributed by atoms with Crippen LogP contribution in [0.25, 0.3) is 0 Å². The van der Waals surface area contributed by atoms with Crippen LogP contribution in [0.3, 0.4) is 0 Å². The maximum atomic E-state index is 12.2. The number of hydrogen-bond acceptors (Lipinski definition) is 4. The third kappa shape index (κ3) is 7.68. The summed E-state index contributed by atoms with van der Waals surface area (Å²) in [5.41, 5.74) is 1.67. The number of nitrogens with zero attached hydrogens (tertiary/aromatic N) is 1. The van der Waals surface area contributed by atoms with Gasteiger partial charge in [0.2, 0.25) is 11.8 Å². The lowest BCUT2D eigenvalue weighted by Gasteiger charge is -2.23. The van der Waals surface area contributed by atoms with Gasteiger partial charge in [-0.1, -0.05) is 35.2 Å². The lowest BCUT2D eigenvalue weighted by Crippen LogP contribution is -2.48. The number of nitrogens with one attached hydrogen (secondary N) is 3. The number of rotatable bonds is 6. The Morgan fingerprint density at radius 2 is 1.78 bits per heavy atom. The van der Waals surface area contributed by atoms with Crippen LogP contribution in [0, 0.1) is 6.92 Å². The molecule has 0 unspecified atom stereocenters. The summed E-state index contributed by atoms with van der Waals surface area (Å²) in [6.07, 6.45) is 5.32. The van der Waals surface area contributed by atoms with Gasteiger partial charge in [-0.25, -0.2) is 4.79 Å². The Morgan fingerprint density at radius 1 is 1.11 bits per heavy atom. The van der Waals surface area contributed by atoms with Crippen LogP contribution in [0.5, 0.6) is 0 Å². The molecule has 0 heterocycles. The zero-order chi connectivity index (χ0) is 19.8. The zero-order valence-electron chi connectivity index (χ0n) is 15.8. The predicted molar refractivity (Wildman–Crippen MR) is 109 cm³/mol. The molecular formula is C19H27BrN4O3. The highest BCUT2D eigenvalue weighted by atomic mass is 79.9. The molecule has 0 aliphatic heterocycles. The highest BCUT2D eigenvalue weighted by Crippen LogP contribution is 2.20. The van der Waals surface area contributed by atoms with Crippen LogP contribution in [0.15, 0.2) is 22.7 Å². The first-order valence-electron chi connectivity index (χ1n) is 9.18. The first-order chi connectivity index (χ1) is 12.8. The number of amides is 4. The van der Waals surface area contributed by atoms with Crippen molar-refractivity contribution in [2.45, 2.75) is 45.1 Å². The molecule has 0 spiro atoms. The van der Waals surface area contributed by atoms with Crippen molar-refractivity contribution >= 4 is 39.5 Å². The van der Waals surface area contributed by atoms with E-state index in [1.807, 2.05) is 25.1 Å². The fourth-order valence-corrected chi connectivity index (χ4v) is 3.61. The molecule has 1 aromatic carbocycles. The lowest BCUT2D eigenvalue weighted by atomic mass is 9.96. The molecule has 0 radical (unpaired) electrons. The lowest BCUT2D eigenvalue weighted by molar-refractivity contribution is -0.122. The van der Waals surface area contributed by atoms with E-state index in [0.29, 0.717) is 0 Å². The van der Waals surface area contributed by atoms with Gasteiger partial charge in [0.15, 0.2) is 0 Å². The molecule has 1 saturated carbocycles. The Labute approximate surface area is 168 Å². The van der Waals surface area contributed by atoms with Crippen molar-refractivity contribution in [2.24, 2.45) is 0 Å². The van der Waals surface area contributed by atoms with Gasteiger partial charge < -0.3 is 10.6 Å². The quantitative estimate of drug-likeness (QED) is 0.636. The third-order valence-electron chi connectivity index (χ3n) is 4.48. The Hall–Kier alpha value is -1.93. The molecular weight excluding hydrogens is 412 g/mol. The van der Waals surface area contributed by atoms with Crippen molar-refractivity contribution in [1.29, 1.82) is 0 Å². The van der Waals surface area contributed by atoms with Crippen LogP contribution in [-0.4, -0.2) is 48.9 Å². The predicted octanol–water partition coefficient (Wildman–Crippen LogP) is 2.79. The minimum atomic E-state index is -0.463. The van der Waals surface area contributed by atoms with Gasteiger partial charge in [0.25, 0.3) is 0 Å². The zero-order valence-corrected chi connectivity index (χ0v) is 17.4. The SMILES string of the molecule is Cc1cc(Br)ccc1NC(=O)CN(C)CC(=O)NC(=O)NC1CCCCC1. The van der Waals surface area contributed by atoms with Gasteiger partial charge in [-0.15, -0.1) is 0 Å². The fourth-order valence-electron chi connectivity index (χ4n) is 3.14. The summed E-state index contributed by atoms with van der Waals surface area (Å²) < 4.78 is 0.943. The highest BCUT2D eigenvalue weighted by Gasteiger charge is 2.18. The summed E-state index contributed by atoms with van der Waals surface area (Å²) in [6.45, 7) is 1.92. The molecule has 0 atom stereocenters. The standard InChI is InChI=1S/C19H27BrN4O3/c1-13-10-14(20)8-9-16(13)22-17(25)11-24(2)12-18(26)23-19(27)21-15-6-4-3-5-7-15/h8-10,15H,3-7,11-12H2,1-2H3,(H,22,25)(H2,21,23,26,27). The monoisotopic (exact) mass is 438 g/mol. The van der Waals surface area contributed by atoms with E-state index < -0.39 is 11.9 Å². The summed E-state index contributed by atoms with van der Waals surface area (Å²) in [7, 11) is 1.66. The number of urea groups is 1. The topological polar surface area (TPSA) is 90.5 Å². The van der Waals surface area contributed by atoms with Gasteiger partial charge in [0.1, 0.15) is 0 Å². The normalized spacial score (nSPS) is 14.7. The van der Waals surface area contributed by atoms with Crippen molar-refractivity contribution in [3.8, 4) is 0 Å². The van der Waals surface area contributed by atoms with E-state index in [2.05, 4.69) is 31.9 Å². The first-order valence-corrected chi connectivity index (χ1v) is 9.97. The molecule has 1 aliphatic rings. The molecule has 3 N–H and O–H groups in total. The number of carbonyl (C=O) groups is 3. The molecule has 0 saturated heterocycles. The molecule has 27 heavy (non-hydrogen) atoms. The van der Waals surface area contributed by atoms with E-state index in [1.165, 1.54) is 6.42 Å². The number of halogens is 1. The fraction of sp³-hybridized carbons (Fsp3) is 0.526. The van der Waals surface area contributed by atoms with E-state index in [4.69, 9.17) is 0 Å². The molecule has 0 aromatic heterocycles. The van der Waals surface area contributed by atoms with Crippen LogP contribution in [0.2, 0.25) is 0 Å². The van der Waals surface area contributed by atoms with Crippen molar-refractivity contribution in [3.63, 3.8) is 0 Å². The van der Waals surface area contributed by atoms with E-state index in [1.54, 1.807) is 11.9 Å². The first kappa shape index (κ1) is 21.4. The minimum Gasteiger partial charge on any atom is -0.335 e. The molecule has 1 fully saturated rings. The van der Waals surface area contributed by atoms with E-state index in [-0.39, 0.29) is 25.0 Å². The largest absolute Gasteiger partial charge is 0.335 e. The third-order valence-corrected chi connectivity index (χ3v) is 4.98. The number of likely N-dealkylation sites (N-methyl/N-ethyl adjacent to an activating group) is 1. The maximum Gasteiger partial charge on any atom is 0.321 e. The smallest absolute Gasteiger partial charge is 0.321 e. The maximum absolute atomic E-state index is 12.2. The average Bonchev–Trinajstić information content (AvgIpc) is 2.57. The Balaban J connectivity index is 1.71. The number of aryl methyl sites for hydroxylation is 1. The second-order valence-electron chi connectivity index (χ2n) is 7.04. The molecule has 8 heteroatoms. The Kier molecular flexibility index (Phi) is 8.24. The minimum absolute atomic E-state index is 0.0369. The Bertz CT molecular complexity index is 690. The molecule has 1 aromatic rings. The molecule has 4 amide bonds. The van der Waals surface area contributed by atoms with Gasteiger partial charge in [-0.05, 0) is 50.6 Å². The summed E-state index contributed by atoms with van der Waals surface area (Å²) in [4.78, 5) is 37.6. The van der Waals surface area contributed by atoms with Crippen molar-refractivity contribution in [1.82, 2.24) is 15.5 Å². The number of hydrogen-bond donors (Lipinski definition) is 3. The van der Waals surface area contributed by atoms with E-state index >= 15 is 0 Å². The van der Waals surface area contributed by atoms with E-state index in [9.17, 15) is 14.4 Å². The molecule has 2 rings (SSSR count). The summed E-state index contributed by atoms with van der Waals surface area (Å²) >= 11 is 3.38. The van der Waals surface area contributed by atoms with Crippen LogP contribution in [-0.2, 0) is 9.59 Å². The Morgan fingerprint density at radius 3 is 2.44 bits per heavy atom. The van der Waals surface area contributed by atoms with Gasteiger partial charge in [0.05, 0.1) is 13.1 Å².